The summed E-state index contributed by atoms with van der Waals surface area (Å²) < 4.78 is 27.1. The highest BCUT2D eigenvalue weighted by molar-refractivity contribution is 7.13. The smallest absolute Gasteiger partial charge is 0.246 e. The van der Waals surface area contributed by atoms with Gasteiger partial charge < -0.3 is 50.1 Å². The van der Waals surface area contributed by atoms with Gasteiger partial charge in [-0.3, -0.25) is 14.4 Å². The number of aliphatic hydroxyl groups excluding tert-OH is 1. The minimum absolute atomic E-state index is 0.00918. The number of rotatable bonds is 23. The highest BCUT2D eigenvalue weighted by Crippen LogP contribution is 2.28. The van der Waals surface area contributed by atoms with Crippen molar-refractivity contribution < 1.29 is 43.2 Å². The molecular formula is C35H55N5O9S. The van der Waals surface area contributed by atoms with Gasteiger partial charge in [-0.05, 0) is 23.5 Å². The van der Waals surface area contributed by atoms with Gasteiger partial charge >= 0.3 is 0 Å². The summed E-state index contributed by atoms with van der Waals surface area (Å²) >= 11 is 1.58. The molecular weight excluding hydrogens is 666 g/mol. The van der Waals surface area contributed by atoms with Crippen LogP contribution in [0.3, 0.4) is 0 Å². The van der Waals surface area contributed by atoms with E-state index >= 15 is 0 Å². The van der Waals surface area contributed by atoms with Crippen molar-refractivity contribution in [3.05, 3.63) is 41.0 Å². The first-order valence-corrected chi connectivity index (χ1v) is 18.0. The molecule has 3 amide bonds. The number of amides is 3. The molecule has 1 aromatic carbocycles. The molecule has 15 heteroatoms. The minimum Gasteiger partial charge on any atom is -0.391 e. The van der Waals surface area contributed by atoms with E-state index in [1.807, 2.05) is 57.5 Å². The number of β-amino-alcohol motifs (C(OH)–C–C–N with tert-alkyl or cyclic N) is 1. The Labute approximate surface area is 299 Å². The first-order valence-electron chi connectivity index (χ1n) is 17.1. The van der Waals surface area contributed by atoms with E-state index < -0.39 is 29.5 Å². The lowest BCUT2D eigenvalue weighted by Crippen LogP contribution is -2.57. The summed E-state index contributed by atoms with van der Waals surface area (Å²) in [5.74, 6) is -1.11. The predicted molar refractivity (Wildman–Crippen MR) is 189 cm³/mol. The Morgan fingerprint density at radius 1 is 0.940 bits per heavy atom. The van der Waals surface area contributed by atoms with Gasteiger partial charge in [0, 0.05) is 32.5 Å². The average Bonchev–Trinajstić information content (AvgIpc) is 3.70. The van der Waals surface area contributed by atoms with Crippen LogP contribution in [-0.2, 0) is 44.6 Å². The third-order valence-electron chi connectivity index (χ3n) is 7.94. The maximum atomic E-state index is 13.8. The van der Waals surface area contributed by atoms with Gasteiger partial charge in [0.25, 0.3) is 0 Å². The van der Waals surface area contributed by atoms with E-state index in [0.29, 0.717) is 66.0 Å². The molecule has 3 unspecified atom stereocenters. The van der Waals surface area contributed by atoms with Gasteiger partial charge in [-0.1, -0.05) is 45.0 Å². The number of aryl methyl sites for hydroxylation is 1. The number of aromatic nitrogens is 1. The molecule has 0 bridgehead atoms. The van der Waals surface area contributed by atoms with Crippen molar-refractivity contribution in [2.24, 2.45) is 11.1 Å². The van der Waals surface area contributed by atoms with Crippen molar-refractivity contribution >= 4 is 29.1 Å². The maximum Gasteiger partial charge on any atom is 0.246 e. The largest absolute Gasteiger partial charge is 0.391 e. The SMILES string of the molecule is Cc1ncsc1-c1ccc(CNC(=O)C2CC(O)CN2C(=O)C(NC(=O)CCOCCOCCOCCOCCOCCN)C(C)(C)C)cc1. The van der Waals surface area contributed by atoms with Gasteiger partial charge in [-0.2, -0.15) is 0 Å². The third-order valence-corrected chi connectivity index (χ3v) is 8.91. The number of nitrogens with zero attached hydrogens (tertiary/aromatic N) is 2. The second-order valence-electron chi connectivity index (χ2n) is 13.0. The Bertz CT molecular complexity index is 1300. The lowest BCUT2D eigenvalue weighted by molar-refractivity contribution is -0.144. The zero-order chi connectivity index (χ0) is 36.4. The molecule has 1 aromatic heterocycles. The molecule has 1 aliphatic rings. The van der Waals surface area contributed by atoms with Gasteiger partial charge in [0.15, 0.2) is 0 Å². The molecule has 2 aromatic rings. The number of thiazole rings is 1. The predicted octanol–water partition coefficient (Wildman–Crippen LogP) is 1.66. The van der Waals surface area contributed by atoms with Crippen LogP contribution >= 0.6 is 11.3 Å². The summed E-state index contributed by atoms with van der Waals surface area (Å²) in [6.45, 7) is 12.4. The van der Waals surface area contributed by atoms with Crippen LogP contribution in [0.4, 0.5) is 0 Å². The summed E-state index contributed by atoms with van der Waals surface area (Å²) in [5.41, 5.74) is 9.44. The molecule has 0 radical (unpaired) electrons. The van der Waals surface area contributed by atoms with E-state index in [-0.39, 0.29) is 44.4 Å². The number of nitrogens with two attached hydrogens (primary N) is 1. The summed E-state index contributed by atoms with van der Waals surface area (Å²) in [7, 11) is 0. The zero-order valence-corrected chi connectivity index (χ0v) is 30.6. The number of likely N-dealkylation sites (tertiary alicyclic amines) is 1. The summed E-state index contributed by atoms with van der Waals surface area (Å²) in [5, 5.41) is 16.2. The second-order valence-corrected chi connectivity index (χ2v) is 13.9. The van der Waals surface area contributed by atoms with E-state index in [0.717, 1.165) is 21.7 Å². The molecule has 0 aliphatic carbocycles. The first-order chi connectivity index (χ1) is 24.0. The lowest BCUT2D eigenvalue weighted by Gasteiger charge is -2.35. The van der Waals surface area contributed by atoms with E-state index in [4.69, 9.17) is 29.4 Å². The highest BCUT2D eigenvalue weighted by atomic mass is 32.1. The topological polar surface area (TPSA) is 184 Å². The average molecular weight is 722 g/mol. The van der Waals surface area contributed by atoms with E-state index in [1.165, 1.54) is 4.90 Å². The van der Waals surface area contributed by atoms with Gasteiger partial charge in [0.1, 0.15) is 12.1 Å². The van der Waals surface area contributed by atoms with Gasteiger partial charge in [0.2, 0.25) is 17.7 Å². The number of benzene rings is 1. The fourth-order valence-corrected chi connectivity index (χ4v) is 6.06. The summed E-state index contributed by atoms with van der Waals surface area (Å²) in [6.07, 6.45) is -0.677. The molecule has 50 heavy (non-hydrogen) atoms. The highest BCUT2D eigenvalue weighted by Gasteiger charge is 2.44. The molecule has 1 aliphatic heterocycles. The van der Waals surface area contributed by atoms with Crippen molar-refractivity contribution in [1.82, 2.24) is 20.5 Å². The molecule has 5 N–H and O–H groups in total. The third kappa shape index (κ3) is 14.3. The molecule has 14 nitrogen and oxygen atoms in total. The molecule has 1 saturated heterocycles. The fraction of sp³-hybridized carbons (Fsp3) is 0.657. The van der Waals surface area contributed by atoms with Crippen LogP contribution in [0.2, 0.25) is 0 Å². The lowest BCUT2D eigenvalue weighted by atomic mass is 9.85. The van der Waals surface area contributed by atoms with E-state index in [1.54, 1.807) is 11.3 Å². The Balaban J connectivity index is 1.36. The van der Waals surface area contributed by atoms with Crippen molar-refractivity contribution in [2.75, 3.05) is 79.2 Å². The molecule has 280 valence electrons. The Kier molecular flexibility index (Phi) is 18.2. The number of carbonyl (C=O) groups excluding carboxylic acids is 3. The van der Waals surface area contributed by atoms with Crippen molar-refractivity contribution in [3.63, 3.8) is 0 Å². The minimum atomic E-state index is -0.906. The molecule has 0 saturated carbocycles. The molecule has 0 spiro atoms. The van der Waals surface area contributed by atoms with Crippen molar-refractivity contribution in [3.8, 4) is 10.4 Å². The Hall–Kier alpha value is -3.02. The first kappa shape index (κ1) is 41.4. The number of nitrogens with one attached hydrogen (secondary N) is 2. The van der Waals surface area contributed by atoms with Crippen LogP contribution < -0.4 is 16.4 Å². The number of carbonyl (C=O) groups is 3. The molecule has 3 atom stereocenters. The number of ether oxygens (including phenoxy) is 5. The number of hydrogen-bond donors (Lipinski definition) is 4. The maximum absolute atomic E-state index is 13.8. The zero-order valence-electron chi connectivity index (χ0n) is 29.8. The van der Waals surface area contributed by atoms with Gasteiger partial charge in [-0.15, -0.1) is 11.3 Å². The van der Waals surface area contributed by atoms with Crippen LogP contribution in [0.25, 0.3) is 10.4 Å². The quantitative estimate of drug-likeness (QED) is 0.123. The van der Waals surface area contributed by atoms with Crippen LogP contribution in [0, 0.1) is 12.3 Å². The molecule has 1 fully saturated rings. The number of aliphatic hydroxyl groups is 1. The second kappa shape index (κ2) is 22.0. The summed E-state index contributed by atoms with van der Waals surface area (Å²) in [4.78, 5) is 46.7. The van der Waals surface area contributed by atoms with Crippen LogP contribution in [-0.4, -0.2) is 130 Å². The van der Waals surface area contributed by atoms with Crippen LogP contribution in [0.5, 0.6) is 0 Å². The standard InChI is InChI=1S/C35H55N5O9S/c1-25-31(50-24-38-25)27-7-5-26(6-8-27)22-37-33(43)29-21-28(41)23-40(29)34(44)32(35(2,3)4)39-30(42)9-11-45-13-15-47-17-19-49-20-18-48-16-14-46-12-10-36/h5-8,24,28-29,32,41H,9-23,36H2,1-4H3,(H,37,43)(H,39,42). The Morgan fingerprint density at radius 2 is 1.50 bits per heavy atom. The van der Waals surface area contributed by atoms with Crippen LogP contribution in [0.1, 0.15) is 44.9 Å². The molecule has 2 heterocycles. The van der Waals surface area contributed by atoms with Gasteiger partial charge in [0.05, 0.1) is 88.3 Å². The van der Waals surface area contributed by atoms with E-state index in [2.05, 4.69) is 15.6 Å². The molecule has 3 rings (SSSR count). The van der Waals surface area contributed by atoms with Crippen molar-refractivity contribution in [2.45, 2.75) is 65.3 Å². The van der Waals surface area contributed by atoms with Crippen molar-refractivity contribution in [1.29, 1.82) is 0 Å². The monoisotopic (exact) mass is 721 g/mol. The fourth-order valence-electron chi connectivity index (χ4n) is 5.24. The normalized spacial score (nSPS) is 16.8. The Morgan fingerprint density at radius 3 is 2.02 bits per heavy atom. The van der Waals surface area contributed by atoms with Crippen LogP contribution in [0.15, 0.2) is 29.8 Å². The summed E-state index contributed by atoms with van der Waals surface area (Å²) in [6, 6.07) is 6.12. The number of hydrogen-bond acceptors (Lipinski definition) is 12. The van der Waals surface area contributed by atoms with E-state index in [9.17, 15) is 19.5 Å². The van der Waals surface area contributed by atoms with Gasteiger partial charge in [-0.25, -0.2) is 4.98 Å².